The summed E-state index contributed by atoms with van der Waals surface area (Å²) in [5, 5.41) is 31.4. The first-order chi connectivity index (χ1) is 14.2. The smallest absolute Gasteiger partial charge is 0.335 e. The van der Waals surface area contributed by atoms with Crippen LogP contribution in [0.4, 0.5) is 0 Å². The number of carbonyl (C=O) groups excluding carboxylic acids is 2. The summed E-state index contributed by atoms with van der Waals surface area (Å²) >= 11 is 0. The molecule has 30 heavy (non-hydrogen) atoms. The minimum atomic E-state index is -2.23. The van der Waals surface area contributed by atoms with Crippen LogP contribution in [0.25, 0.3) is 21.9 Å². The summed E-state index contributed by atoms with van der Waals surface area (Å²) in [6.07, 6.45) is -4.34. The first kappa shape index (κ1) is 21.0. The van der Waals surface area contributed by atoms with Gasteiger partial charge < -0.3 is 30.8 Å². The standard InChI is InChI=1S/C20H19N3O7/c1-22-15-11-7-9(8-23-19(27)16(24)17(25)20(28)29)5-6-12(11)30-13-4-2-3-10(14(13)15)18(21)26/h2-7,16-17,24-25H,8H2,1H3,(H2,21,26)(H,23,27)(H,28,29)/b22-15-. The van der Waals surface area contributed by atoms with E-state index < -0.39 is 30.0 Å². The van der Waals surface area contributed by atoms with Gasteiger partial charge in [0.25, 0.3) is 5.91 Å². The van der Waals surface area contributed by atoms with Crippen molar-refractivity contribution in [2.45, 2.75) is 18.8 Å². The number of nitrogens with zero attached hydrogens (tertiary/aromatic N) is 1. The van der Waals surface area contributed by atoms with Crippen LogP contribution in [-0.2, 0) is 16.1 Å². The van der Waals surface area contributed by atoms with Crippen molar-refractivity contribution in [3.8, 4) is 0 Å². The zero-order valence-electron chi connectivity index (χ0n) is 15.8. The van der Waals surface area contributed by atoms with Crippen molar-refractivity contribution in [2.75, 3.05) is 7.05 Å². The highest BCUT2D eigenvalue weighted by Crippen LogP contribution is 2.22. The molecule has 10 heteroatoms. The Bertz CT molecular complexity index is 1230. The van der Waals surface area contributed by atoms with Crippen LogP contribution in [0, 0.1) is 0 Å². The summed E-state index contributed by atoms with van der Waals surface area (Å²) in [6, 6.07) is 9.91. The SMILES string of the molecule is C/N=c1/c2cc(CNC(=O)C(O)C(O)C(=O)O)ccc2oc2cccc(C(N)=O)c12. The summed E-state index contributed by atoms with van der Waals surface area (Å²) in [7, 11) is 1.56. The summed E-state index contributed by atoms with van der Waals surface area (Å²) in [6.45, 7) is -0.0587. The van der Waals surface area contributed by atoms with Crippen molar-refractivity contribution in [3.05, 3.63) is 52.9 Å². The van der Waals surface area contributed by atoms with Gasteiger partial charge in [0, 0.05) is 19.0 Å². The van der Waals surface area contributed by atoms with E-state index in [4.69, 9.17) is 15.3 Å². The van der Waals surface area contributed by atoms with Crippen LogP contribution >= 0.6 is 0 Å². The van der Waals surface area contributed by atoms with E-state index >= 15 is 0 Å². The number of benzene rings is 2. The summed E-state index contributed by atoms with van der Waals surface area (Å²) in [5.41, 5.74) is 7.24. The lowest BCUT2D eigenvalue weighted by molar-refractivity contribution is -0.158. The number of carboxylic acid groups (broad SMARTS) is 1. The predicted molar refractivity (Wildman–Crippen MR) is 105 cm³/mol. The Morgan fingerprint density at radius 3 is 2.50 bits per heavy atom. The van der Waals surface area contributed by atoms with Crippen molar-refractivity contribution in [1.29, 1.82) is 0 Å². The van der Waals surface area contributed by atoms with Gasteiger partial charge in [-0.15, -0.1) is 0 Å². The molecule has 6 N–H and O–H groups in total. The van der Waals surface area contributed by atoms with Crippen LogP contribution in [0.1, 0.15) is 15.9 Å². The number of nitrogens with two attached hydrogens (primary N) is 1. The fourth-order valence-electron chi connectivity index (χ4n) is 3.08. The lowest BCUT2D eigenvalue weighted by atomic mass is 10.0. The van der Waals surface area contributed by atoms with E-state index in [0.29, 0.717) is 32.9 Å². The van der Waals surface area contributed by atoms with Crippen molar-refractivity contribution in [2.24, 2.45) is 10.7 Å². The Balaban J connectivity index is 2.01. The molecule has 2 atom stereocenters. The van der Waals surface area contributed by atoms with Gasteiger partial charge in [-0.1, -0.05) is 12.1 Å². The second kappa shape index (κ2) is 8.31. The first-order valence-corrected chi connectivity index (χ1v) is 8.82. The number of carbonyl (C=O) groups is 3. The molecule has 2 amide bonds. The van der Waals surface area contributed by atoms with E-state index in [1.807, 2.05) is 0 Å². The van der Waals surface area contributed by atoms with Crippen LogP contribution in [-0.4, -0.2) is 52.4 Å². The third kappa shape index (κ3) is 3.86. The van der Waals surface area contributed by atoms with Crippen molar-refractivity contribution in [1.82, 2.24) is 5.32 Å². The van der Waals surface area contributed by atoms with E-state index in [9.17, 15) is 24.6 Å². The molecule has 156 valence electrons. The summed E-state index contributed by atoms with van der Waals surface area (Å²) in [4.78, 5) is 38.7. The third-order valence-corrected chi connectivity index (χ3v) is 4.56. The van der Waals surface area contributed by atoms with Crippen molar-refractivity contribution >= 4 is 39.7 Å². The number of hydrogen-bond acceptors (Lipinski definition) is 7. The normalized spacial score (nSPS) is 13.9. The molecule has 3 aromatic rings. The Morgan fingerprint density at radius 2 is 1.87 bits per heavy atom. The van der Waals surface area contributed by atoms with E-state index in [1.165, 1.54) is 0 Å². The zero-order chi connectivity index (χ0) is 22.0. The molecule has 0 aliphatic heterocycles. The molecule has 0 fully saturated rings. The molecule has 0 saturated heterocycles. The Hall–Kier alpha value is -3.76. The van der Waals surface area contributed by atoms with Crippen LogP contribution in [0.2, 0.25) is 0 Å². The topological polar surface area (TPSA) is 175 Å². The molecule has 0 radical (unpaired) electrons. The highest BCUT2D eigenvalue weighted by molar-refractivity contribution is 6.06. The fourth-order valence-corrected chi connectivity index (χ4v) is 3.08. The molecule has 0 spiro atoms. The number of amides is 2. The number of hydrogen-bond donors (Lipinski definition) is 5. The molecule has 0 aliphatic carbocycles. The molecule has 0 bridgehead atoms. The van der Waals surface area contributed by atoms with E-state index in [1.54, 1.807) is 43.4 Å². The maximum Gasteiger partial charge on any atom is 0.335 e. The minimum absolute atomic E-state index is 0.0587. The Morgan fingerprint density at radius 1 is 1.13 bits per heavy atom. The Labute approximate surface area is 169 Å². The predicted octanol–water partition coefficient (Wildman–Crippen LogP) is -0.362. The monoisotopic (exact) mass is 413 g/mol. The summed E-state index contributed by atoms with van der Waals surface area (Å²) in [5.74, 6) is -3.38. The number of primary amides is 1. The number of carboxylic acids is 1. The average molecular weight is 413 g/mol. The van der Waals surface area contributed by atoms with E-state index in [2.05, 4.69) is 10.3 Å². The molecule has 2 aromatic carbocycles. The van der Waals surface area contributed by atoms with Crippen molar-refractivity contribution in [3.63, 3.8) is 0 Å². The molecule has 0 saturated carbocycles. The van der Waals surface area contributed by atoms with Gasteiger partial charge in [0.1, 0.15) is 11.2 Å². The van der Waals surface area contributed by atoms with Gasteiger partial charge in [-0.2, -0.15) is 0 Å². The third-order valence-electron chi connectivity index (χ3n) is 4.56. The second-order valence-electron chi connectivity index (χ2n) is 6.49. The van der Waals surface area contributed by atoms with E-state index in [-0.39, 0.29) is 12.1 Å². The average Bonchev–Trinajstić information content (AvgIpc) is 2.73. The molecular weight excluding hydrogens is 394 g/mol. The van der Waals surface area contributed by atoms with Crippen LogP contribution in [0.3, 0.4) is 0 Å². The van der Waals surface area contributed by atoms with Crippen LogP contribution in [0.5, 0.6) is 0 Å². The number of fused-ring (bicyclic) bond motifs is 2. The lowest BCUT2D eigenvalue weighted by Crippen LogP contribution is -2.45. The Kier molecular flexibility index (Phi) is 5.81. The molecule has 1 heterocycles. The maximum atomic E-state index is 11.9. The number of rotatable bonds is 6. The number of aliphatic hydroxyl groups excluding tert-OH is 2. The van der Waals surface area contributed by atoms with E-state index in [0.717, 1.165) is 0 Å². The molecule has 10 nitrogen and oxygen atoms in total. The number of nitrogens with one attached hydrogen (secondary N) is 1. The van der Waals surface area contributed by atoms with Gasteiger partial charge in [0.2, 0.25) is 5.91 Å². The molecule has 2 unspecified atom stereocenters. The van der Waals surface area contributed by atoms with Gasteiger partial charge in [0.15, 0.2) is 12.2 Å². The second-order valence-corrected chi connectivity index (χ2v) is 6.49. The van der Waals surface area contributed by atoms with Crippen molar-refractivity contribution < 1.29 is 34.1 Å². The minimum Gasteiger partial charge on any atom is -0.479 e. The van der Waals surface area contributed by atoms with Gasteiger partial charge in [-0.3, -0.25) is 14.6 Å². The fraction of sp³-hybridized carbons (Fsp3) is 0.200. The summed E-state index contributed by atoms with van der Waals surface area (Å²) < 4.78 is 5.86. The van der Waals surface area contributed by atoms with Gasteiger partial charge >= 0.3 is 5.97 Å². The maximum absolute atomic E-state index is 11.9. The molecule has 0 aliphatic rings. The van der Waals surface area contributed by atoms with Gasteiger partial charge in [0.05, 0.1) is 16.3 Å². The van der Waals surface area contributed by atoms with Crippen LogP contribution < -0.4 is 16.4 Å². The highest BCUT2D eigenvalue weighted by atomic mass is 16.4. The quantitative estimate of drug-likeness (QED) is 0.343. The lowest BCUT2D eigenvalue weighted by Gasteiger charge is -2.14. The number of aliphatic carboxylic acids is 1. The number of aliphatic hydroxyl groups is 2. The highest BCUT2D eigenvalue weighted by Gasteiger charge is 2.29. The zero-order valence-corrected chi connectivity index (χ0v) is 15.8. The van der Waals surface area contributed by atoms with Gasteiger partial charge in [-0.25, -0.2) is 4.79 Å². The molecule has 1 aromatic heterocycles. The largest absolute Gasteiger partial charge is 0.479 e. The van der Waals surface area contributed by atoms with Gasteiger partial charge in [-0.05, 0) is 29.8 Å². The van der Waals surface area contributed by atoms with Crippen LogP contribution in [0.15, 0.2) is 45.8 Å². The molecule has 3 rings (SSSR count). The first-order valence-electron chi connectivity index (χ1n) is 8.82. The molecular formula is C20H19N3O7.